The van der Waals surface area contributed by atoms with Crippen molar-refractivity contribution in [3.8, 4) is 0 Å². The van der Waals surface area contributed by atoms with Crippen LogP contribution in [0, 0.1) is 11.8 Å². The highest BCUT2D eigenvalue weighted by Crippen LogP contribution is 2.32. The standard InChI is InChI=1S/C12H22N2OS/c1-9(10-7-5-6-8-10)11(15)14(4)12(16)13(2)3/h9-10H,5-8H2,1-4H3. The summed E-state index contributed by atoms with van der Waals surface area (Å²) in [4.78, 5) is 15.6. The van der Waals surface area contributed by atoms with Gasteiger partial charge in [-0.1, -0.05) is 19.8 Å². The van der Waals surface area contributed by atoms with Crippen LogP contribution in [0.15, 0.2) is 0 Å². The van der Waals surface area contributed by atoms with Gasteiger partial charge in [-0.2, -0.15) is 0 Å². The Bertz CT molecular complexity index is 272. The molecule has 0 spiro atoms. The van der Waals surface area contributed by atoms with E-state index < -0.39 is 0 Å². The van der Waals surface area contributed by atoms with Gasteiger partial charge in [0.05, 0.1) is 0 Å². The molecule has 1 saturated carbocycles. The Morgan fingerprint density at radius 3 is 2.19 bits per heavy atom. The molecule has 0 aromatic carbocycles. The lowest BCUT2D eigenvalue weighted by atomic mass is 9.91. The average molecular weight is 242 g/mol. The van der Waals surface area contributed by atoms with Crippen LogP contribution >= 0.6 is 12.2 Å². The minimum atomic E-state index is 0.102. The topological polar surface area (TPSA) is 23.6 Å². The van der Waals surface area contributed by atoms with E-state index in [0.717, 1.165) is 0 Å². The van der Waals surface area contributed by atoms with Crippen molar-refractivity contribution in [3.05, 3.63) is 0 Å². The number of hydrogen-bond donors (Lipinski definition) is 0. The summed E-state index contributed by atoms with van der Waals surface area (Å²) in [5.41, 5.74) is 0. The van der Waals surface area contributed by atoms with E-state index in [2.05, 4.69) is 0 Å². The first-order valence-electron chi connectivity index (χ1n) is 5.94. The highest BCUT2D eigenvalue weighted by molar-refractivity contribution is 7.80. The Hall–Kier alpha value is -0.640. The van der Waals surface area contributed by atoms with E-state index in [4.69, 9.17) is 12.2 Å². The molecular formula is C12H22N2OS. The molecule has 1 aliphatic carbocycles. The smallest absolute Gasteiger partial charge is 0.231 e. The second-order valence-electron chi connectivity index (χ2n) is 4.91. The quantitative estimate of drug-likeness (QED) is 0.693. The highest BCUT2D eigenvalue weighted by atomic mass is 32.1. The summed E-state index contributed by atoms with van der Waals surface area (Å²) in [5, 5.41) is 0.592. The molecule has 0 heterocycles. The van der Waals surface area contributed by atoms with E-state index in [0.29, 0.717) is 11.0 Å². The molecule has 3 nitrogen and oxygen atoms in total. The molecule has 0 radical (unpaired) electrons. The second kappa shape index (κ2) is 5.62. The summed E-state index contributed by atoms with van der Waals surface area (Å²) in [7, 11) is 5.51. The fraction of sp³-hybridized carbons (Fsp3) is 0.833. The number of carbonyl (C=O) groups excluding carboxylic acids is 1. The lowest BCUT2D eigenvalue weighted by molar-refractivity contribution is -0.131. The van der Waals surface area contributed by atoms with Gasteiger partial charge in [0, 0.05) is 27.1 Å². The van der Waals surface area contributed by atoms with Crippen molar-refractivity contribution in [2.24, 2.45) is 11.8 Å². The molecule has 16 heavy (non-hydrogen) atoms. The zero-order chi connectivity index (χ0) is 12.3. The van der Waals surface area contributed by atoms with Crippen LogP contribution in [0.4, 0.5) is 0 Å². The summed E-state index contributed by atoms with van der Waals surface area (Å²) >= 11 is 5.20. The van der Waals surface area contributed by atoms with Gasteiger partial charge >= 0.3 is 0 Å². The van der Waals surface area contributed by atoms with E-state index in [9.17, 15) is 4.79 Å². The molecule has 0 aliphatic heterocycles. The van der Waals surface area contributed by atoms with Crippen LogP contribution in [0.25, 0.3) is 0 Å². The summed E-state index contributed by atoms with van der Waals surface area (Å²) in [6.45, 7) is 2.03. The molecule has 0 bridgehead atoms. The maximum atomic E-state index is 12.2. The maximum absolute atomic E-state index is 12.2. The number of hydrogen-bond acceptors (Lipinski definition) is 2. The number of amides is 1. The summed E-state index contributed by atoms with van der Waals surface area (Å²) in [6, 6.07) is 0. The molecule has 1 aliphatic rings. The van der Waals surface area contributed by atoms with Gasteiger partial charge in [0.15, 0.2) is 5.11 Å². The fourth-order valence-corrected chi connectivity index (χ4v) is 2.45. The normalized spacial score (nSPS) is 18.2. The van der Waals surface area contributed by atoms with Gasteiger partial charge in [0.1, 0.15) is 0 Å². The molecule has 1 atom stereocenters. The van der Waals surface area contributed by atoms with Crippen LogP contribution in [0.5, 0.6) is 0 Å². The zero-order valence-corrected chi connectivity index (χ0v) is 11.5. The van der Waals surface area contributed by atoms with Gasteiger partial charge in [-0.05, 0) is 31.0 Å². The number of thiocarbonyl (C=S) groups is 1. The molecular weight excluding hydrogens is 220 g/mol. The fourth-order valence-electron chi connectivity index (χ4n) is 2.36. The van der Waals surface area contributed by atoms with Gasteiger partial charge in [-0.3, -0.25) is 9.69 Å². The van der Waals surface area contributed by atoms with E-state index in [1.165, 1.54) is 25.7 Å². The molecule has 1 unspecified atom stereocenters. The lowest BCUT2D eigenvalue weighted by Crippen LogP contribution is -2.43. The molecule has 4 heteroatoms. The van der Waals surface area contributed by atoms with Gasteiger partial charge < -0.3 is 4.90 Å². The van der Waals surface area contributed by atoms with Gasteiger partial charge in [-0.15, -0.1) is 0 Å². The summed E-state index contributed by atoms with van der Waals surface area (Å²) < 4.78 is 0. The number of rotatable bonds is 2. The van der Waals surface area contributed by atoms with Crippen molar-refractivity contribution in [2.75, 3.05) is 21.1 Å². The second-order valence-corrected chi connectivity index (χ2v) is 5.27. The van der Waals surface area contributed by atoms with E-state index in [1.807, 2.05) is 21.0 Å². The minimum absolute atomic E-state index is 0.102. The summed E-state index contributed by atoms with van der Waals surface area (Å²) in [5.74, 6) is 0.816. The van der Waals surface area contributed by atoms with Crippen LogP contribution in [-0.4, -0.2) is 42.0 Å². The Morgan fingerprint density at radius 2 is 1.75 bits per heavy atom. The monoisotopic (exact) mass is 242 g/mol. The third-order valence-electron chi connectivity index (χ3n) is 3.50. The van der Waals surface area contributed by atoms with Crippen LogP contribution in [0.1, 0.15) is 32.6 Å². The van der Waals surface area contributed by atoms with Crippen molar-refractivity contribution < 1.29 is 4.79 Å². The Labute approximate surface area is 104 Å². The van der Waals surface area contributed by atoms with Gasteiger partial charge in [0.2, 0.25) is 5.91 Å². The van der Waals surface area contributed by atoms with E-state index >= 15 is 0 Å². The largest absolute Gasteiger partial charge is 0.355 e. The molecule has 1 fully saturated rings. The Morgan fingerprint density at radius 1 is 1.25 bits per heavy atom. The summed E-state index contributed by atoms with van der Waals surface area (Å²) in [6.07, 6.45) is 4.92. The van der Waals surface area contributed by atoms with Crippen molar-refractivity contribution in [2.45, 2.75) is 32.6 Å². The first-order chi connectivity index (χ1) is 7.45. The number of carbonyl (C=O) groups is 1. The lowest BCUT2D eigenvalue weighted by Gasteiger charge is -2.28. The Kier molecular flexibility index (Phi) is 4.71. The van der Waals surface area contributed by atoms with Crippen LogP contribution in [0.3, 0.4) is 0 Å². The van der Waals surface area contributed by atoms with Gasteiger partial charge in [-0.25, -0.2) is 0 Å². The predicted octanol–water partition coefficient (Wildman–Crippen LogP) is 2.12. The first-order valence-corrected chi connectivity index (χ1v) is 6.34. The first kappa shape index (κ1) is 13.4. The minimum Gasteiger partial charge on any atom is -0.355 e. The molecule has 92 valence electrons. The van der Waals surface area contributed by atoms with Crippen molar-refractivity contribution in [1.82, 2.24) is 9.80 Å². The molecule has 1 rings (SSSR count). The van der Waals surface area contributed by atoms with E-state index in [-0.39, 0.29) is 11.8 Å². The third kappa shape index (κ3) is 2.94. The highest BCUT2D eigenvalue weighted by Gasteiger charge is 2.30. The number of nitrogens with zero attached hydrogens (tertiary/aromatic N) is 2. The van der Waals surface area contributed by atoms with Gasteiger partial charge in [0.25, 0.3) is 0 Å². The van der Waals surface area contributed by atoms with Crippen LogP contribution < -0.4 is 0 Å². The zero-order valence-electron chi connectivity index (χ0n) is 10.7. The molecule has 0 aromatic heterocycles. The Balaban J connectivity index is 2.58. The van der Waals surface area contributed by atoms with Crippen LogP contribution in [0.2, 0.25) is 0 Å². The maximum Gasteiger partial charge on any atom is 0.231 e. The molecule has 1 amide bonds. The molecule has 0 saturated heterocycles. The molecule has 0 N–H and O–H groups in total. The average Bonchev–Trinajstić information content (AvgIpc) is 2.78. The van der Waals surface area contributed by atoms with Crippen molar-refractivity contribution in [1.29, 1.82) is 0 Å². The predicted molar refractivity (Wildman–Crippen MR) is 70.2 cm³/mol. The van der Waals surface area contributed by atoms with Crippen LogP contribution in [-0.2, 0) is 4.79 Å². The van der Waals surface area contributed by atoms with Crippen molar-refractivity contribution >= 4 is 23.2 Å². The van der Waals surface area contributed by atoms with E-state index in [1.54, 1.807) is 16.8 Å². The third-order valence-corrected chi connectivity index (χ3v) is 4.14. The molecule has 0 aromatic rings. The SMILES string of the molecule is CC(C(=O)N(C)C(=S)N(C)C)C1CCCC1. The van der Waals surface area contributed by atoms with Crippen molar-refractivity contribution in [3.63, 3.8) is 0 Å².